The van der Waals surface area contributed by atoms with Gasteiger partial charge in [0.1, 0.15) is 5.82 Å². The molecule has 17 heteroatoms. The van der Waals surface area contributed by atoms with Crippen molar-refractivity contribution in [3.05, 3.63) is 130 Å². The topological polar surface area (TPSA) is 194 Å². The average molecular weight is 1100 g/mol. The van der Waals surface area contributed by atoms with E-state index in [1.807, 2.05) is 63.2 Å². The van der Waals surface area contributed by atoms with E-state index < -0.39 is 46.6 Å². The molecule has 16 nitrogen and oxygen atoms in total. The van der Waals surface area contributed by atoms with Crippen molar-refractivity contribution >= 4 is 46.7 Å². The van der Waals surface area contributed by atoms with Crippen LogP contribution < -0.4 is 36.8 Å². The minimum atomic E-state index is -1.22. The number of Topliss-reactive ketones (excluding diaryl/α,β-unsaturated/α-hetero) is 1. The van der Waals surface area contributed by atoms with Crippen LogP contribution in [0, 0.1) is 23.1 Å². The van der Waals surface area contributed by atoms with Gasteiger partial charge in [0.15, 0.2) is 5.78 Å². The standard InChI is InChI=1S/C63H82FN9O7/c1-38-33-72(48(31-66-38)34-71-24-25-80-36-39(71)2)35-56(75)73-37-63(7,52-23-18-42(27-54(52)73)26-41-16-20-46(64)21-17-41)61(79)67-32-55(74)68-47-22-19-44-29-51(60(78)69-53-15-11-13-43-12-9-10-14-49(43)53)50(30-45(44)28-47)57(76)58(62(4,5)6)70-59(77)40(3)65-8/h9-10,12,14,16-23,27-28,38-40,48,50-51,53,58,65-66H,11,13,15,24-26,29-37H2,1-8H3,(H,67,79)(H,68,74)(H,69,78)(H,70,77)/t38-,39-,40+,48-,50?,51-,53-,58-,63?/m1/s1. The predicted molar refractivity (Wildman–Crippen MR) is 308 cm³/mol. The first-order valence-corrected chi connectivity index (χ1v) is 28.8. The van der Waals surface area contributed by atoms with Crippen LogP contribution in [-0.2, 0) is 64.6 Å². The van der Waals surface area contributed by atoms with E-state index in [0.717, 1.165) is 66.7 Å². The quantitative estimate of drug-likeness (QED) is 0.0795. The van der Waals surface area contributed by atoms with Crippen molar-refractivity contribution in [2.45, 2.75) is 129 Å². The molecule has 2 unspecified atom stereocenters. The highest BCUT2D eigenvalue weighted by Gasteiger charge is 2.48. The fourth-order valence-corrected chi connectivity index (χ4v) is 12.6. The largest absolute Gasteiger partial charge is 0.379 e. The van der Waals surface area contributed by atoms with E-state index in [-0.39, 0.29) is 86.0 Å². The van der Waals surface area contributed by atoms with Gasteiger partial charge in [-0.3, -0.25) is 38.6 Å². The summed E-state index contributed by atoms with van der Waals surface area (Å²) in [5.74, 6) is -3.60. The Bertz CT molecular complexity index is 2950. The molecule has 4 aromatic rings. The van der Waals surface area contributed by atoms with Gasteiger partial charge in [-0.2, -0.15) is 0 Å². The Balaban J connectivity index is 0.915. The molecule has 80 heavy (non-hydrogen) atoms. The second kappa shape index (κ2) is 24.8. The number of halogens is 1. The van der Waals surface area contributed by atoms with Gasteiger partial charge in [-0.25, -0.2) is 4.39 Å². The normalized spacial score (nSPS) is 24.8. The van der Waals surface area contributed by atoms with Crippen molar-refractivity contribution in [2.24, 2.45) is 17.3 Å². The molecule has 9 atom stereocenters. The maximum absolute atomic E-state index is 15.0. The lowest BCUT2D eigenvalue weighted by atomic mass is 9.69. The molecule has 3 aliphatic heterocycles. The number of nitrogens with zero attached hydrogens (tertiary/aromatic N) is 3. The number of amides is 5. The highest BCUT2D eigenvalue weighted by molar-refractivity contribution is 6.04. The lowest BCUT2D eigenvalue weighted by Gasteiger charge is -2.43. The van der Waals surface area contributed by atoms with Crippen molar-refractivity contribution in [1.82, 2.24) is 36.4 Å². The van der Waals surface area contributed by atoms with Crippen LogP contribution in [0.4, 0.5) is 15.8 Å². The Morgan fingerprint density at radius 3 is 2.39 bits per heavy atom. The van der Waals surface area contributed by atoms with Crippen molar-refractivity contribution < 1.29 is 37.9 Å². The molecule has 0 saturated carbocycles. The van der Waals surface area contributed by atoms with E-state index in [2.05, 4.69) is 67.7 Å². The van der Waals surface area contributed by atoms with Crippen LogP contribution in [0.1, 0.15) is 106 Å². The molecule has 5 amide bonds. The molecular formula is C63H82FN9O7. The second-order valence-electron chi connectivity index (χ2n) is 24.5. The second-order valence-corrected chi connectivity index (χ2v) is 24.5. The Kier molecular flexibility index (Phi) is 18.1. The SMILES string of the molecule is CN[C@@H](C)C(=O)N[C@H](C(=O)C1Cc2cc(NC(=O)CNC(=O)C3(C)CN(C(=O)CN4C[C@@H](C)NC[C@@H]4CN4CCOC[C@H]4C)c4cc(Cc5ccc(F)cc5)ccc43)ccc2C[C@H]1C(=O)N[C@@H]1CCCc2ccccc21)C(C)(C)C. The highest BCUT2D eigenvalue weighted by Crippen LogP contribution is 2.43. The molecule has 428 valence electrons. The molecule has 0 spiro atoms. The van der Waals surface area contributed by atoms with Crippen LogP contribution in [0.5, 0.6) is 0 Å². The fraction of sp³-hybridized carbons (Fsp3) is 0.524. The summed E-state index contributed by atoms with van der Waals surface area (Å²) in [4.78, 5) is 92.7. The molecular weight excluding hydrogens is 1010 g/mol. The molecule has 5 aliphatic rings. The highest BCUT2D eigenvalue weighted by atomic mass is 19.1. The third-order valence-corrected chi connectivity index (χ3v) is 17.5. The van der Waals surface area contributed by atoms with Gasteiger partial charge in [-0.1, -0.05) is 75.4 Å². The molecule has 9 rings (SSSR count). The number of piperazine rings is 1. The van der Waals surface area contributed by atoms with Gasteiger partial charge in [0.25, 0.3) is 0 Å². The minimum absolute atomic E-state index is 0.0629. The molecule has 6 N–H and O–H groups in total. The van der Waals surface area contributed by atoms with E-state index in [0.29, 0.717) is 43.1 Å². The maximum atomic E-state index is 15.0. The maximum Gasteiger partial charge on any atom is 0.243 e. The van der Waals surface area contributed by atoms with Gasteiger partial charge in [-0.05, 0) is 148 Å². The number of fused-ring (bicyclic) bond motifs is 3. The van der Waals surface area contributed by atoms with Crippen LogP contribution in [0.25, 0.3) is 0 Å². The zero-order valence-electron chi connectivity index (χ0n) is 47.9. The van der Waals surface area contributed by atoms with E-state index in [1.54, 1.807) is 44.0 Å². The number of benzene rings is 4. The Morgan fingerprint density at radius 2 is 1.64 bits per heavy atom. The van der Waals surface area contributed by atoms with Crippen LogP contribution >= 0.6 is 0 Å². The van der Waals surface area contributed by atoms with Crippen molar-refractivity contribution in [3.63, 3.8) is 0 Å². The molecule has 3 heterocycles. The number of likely N-dealkylation sites (N-methyl/N-ethyl adjacent to an activating group) is 1. The molecule has 0 bridgehead atoms. The summed E-state index contributed by atoms with van der Waals surface area (Å²) in [6.45, 7) is 17.8. The number of nitrogens with one attached hydrogen (secondary N) is 6. The van der Waals surface area contributed by atoms with E-state index in [4.69, 9.17) is 4.74 Å². The first kappa shape index (κ1) is 58.3. The summed E-state index contributed by atoms with van der Waals surface area (Å²) in [6.07, 6.45) is 3.64. The van der Waals surface area contributed by atoms with Gasteiger partial charge in [-0.15, -0.1) is 0 Å². The monoisotopic (exact) mass is 1100 g/mol. The van der Waals surface area contributed by atoms with Crippen LogP contribution in [0.2, 0.25) is 0 Å². The molecule has 2 saturated heterocycles. The predicted octanol–water partition coefficient (Wildman–Crippen LogP) is 5.39. The summed E-state index contributed by atoms with van der Waals surface area (Å²) in [5, 5.41) is 18.8. The average Bonchev–Trinajstić information content (AvgIpc) is 3.76. The lowest BCUT2D eigenvalue weighted by Crippen LogP contribution is -2.62. The zero-order chi connectivity index (χ0) is 57.0. The lowest BCUT2D eigenvalue weighted by molar-refractivity contribution is -0.139. The van der Waals surface area contributed by atoms with Gasteiger partial charge in [0.05, 0.1) is 55.8 Å². The number of morpholine rings is 1. The number of aryl methyl sites for hydroxylation is 1. The van der Waals surface area contributed by atoms with Crippen LogP contribution in [0.3, 0.4) is 0 Å². The van der Waals surface area contributed by atoms with Crippen LogP contribution in [-0.4, -0.2) is 141 Å². The van der Waals surface area contributed by atoms with Crippen molar-refractivity contribution in [3.8, 4) is 0 Å². The Labute approximate surface area is 471 Å². The van der Waals surface area contributed by atoms with Crippen molar-refractivity contribution in [1.29, 1.82) is 0 Å². The zero-order valence-corrected chi connectivity index (χ0v) is 47.9. The summed E-state index contributed by atoms with van der Waals surface area (Å²) < 4.78 is 19.6. The number of carbonyl (C=O) groups excluding carboxylic acids is 6. The number of rotatable bonds is 17. The number of carbonyl (C=O) groups is 6. The van der Waals surface area contributed by atoms with E-state index in [9.17, 15) is 28.4 Å². The summed E-state index contributed by atoms with van der Waals surface area (Å²) >= 11 is 0. The summed E-state index contributed by atoms with van der Waals surface area (Å²) in [5.41, 5.74) is 5.65. The molecule has 0 radical (unpaired) electrons. The van der Waals surface area contributed by atoms with Gasteiger partial charge in [0.2, 0.25) is 29.5 Å². The number of ketones is 1. The Hall–Kier alpha value is -6.37. The third kappa shape index (κ3) is 13.2. The van der Waals surface area contributed by atoms with Gasteiger partial charge < -0.3 is 41.5 Å². The van der Waals surface area contributed by atoms with Gasteiger partial charge >= 0.3 is 0 Å². The first-order chi connectivity index (χ1) is 38.2. The number of ether oxygens (including phenoxy) is 1. The third-order valence-electron chi connectivity index (χ3n) is 17.5. The summed E-state index contributed by atoms with van der Waals surface area (Å²) in [7, 11) is 1.68. The number of anilines is 2. The van der Waals surface area contributed by atoms with E-state index >= 15 is 4.79 Å². The van der Waals surface area contributed by atoms with Crippen LogP contribution in [0.15, 0.2) is 84.9 Å². The fourth-order valence-electron chi connectivity index (χ4n) is 12.6. The molecule has 4 aromatic carbocycles. The number of hydrogen-bond donors (Lipinski definition) is 6. The van der Waals surface area contributed by atoms with E-state index in [1.165, 1.54) is 17.7 Å². The molecule has 2 aliphatic carbocycles. The minimum Gasteiger partial charge on any atom is -0.379 e. The van der Waals surface area contributed by atoms with Crippen molar-refractivity contribution in [2.75, 3.05) is 76.3 Å². The number of hydrogen-bond acceptors (Lipinski definition) is 11. The van der Waals surface area contributed by atoms with Gasteiger partial charge in [0, 0.05) is 68.1 Å². The molecule has 2 fully saturated rings. The molecule has 0 aromatic heterocycles. The first-order valence-electron chi connectivity index (χ1n) is 28.8. The Morgan fingerprint density at radius 1 is 0.887 bits per heavy atom. The smallest absolute Gasteiger partial charge is 0.243 e. The summed E-state index contributed by atoms with van der Waals surface area (Å²) in [6, 6.07) is 24.7.